The average Bonchev–Trinajstić information content (AvgIpc) is 2.81. The van der Waals surface area contributed by atoms with Gasteiger partial charge in [-0.25, -0.2) is 4.98 Å². The fourth-order valence-corrected chi connectivity index (χ4v) is 4.00. The van der Waals surface area contributed by atoms with E-state index in [-0.39, 0.29) is 5.56 Å². The molecule has 0 aromatic heterocycles. The predicted octanol–water partition coefficient (Wildman–Crippen LogP) is 6.63. The molecule has 1 heterocycles. The monoisotopic (exact) mass is 457 g/mol. The van der Waals surface area contributed by atoms with Crippen molar-refractivity contribution in [2.45, 2.75) is 52.4 Å². The Morgan fingerprint density at radius 3 is 2.59 bits per heavy atom. The zero-order chi connectivity index (χ0) is 23.9. The van der Waals surface area contributed by atoms with Gasteiger partial charge in [0, 0.05) is 30.1 Å². The van der Waals surface area contributed by atoms with Crippen LogP contribution in [0.5, 0.6) is 0 Å². The van der Waals surface area contributed by atoms with Crippen LogP contribution in [0.15, 0.2) is 63.8 Å². The molecular weight excluding hydrogens is 426 g/mol. The number of fused-ring (bicyclic) bond motifs is 2. The number of aromatic nitrogens is 1. The average molecular weight is 458 g/mol. The molecule has 34 heavy (non-hydrogen) atoms. The highest BCUT2D eigenvalue weighted by molar-refractivity contribution is 6.05. The van der Waals surface area contributed by atoms with Gasteiger partial charge in [-0.05, 0) is 49.2 Å². The lowest BCUT2D eigenvalue weighted by atomic mass is 10.1. The first kappa shape index (κ1) is 23.5. The number of nitrogens with one attached hydrogen (secondary N) is 2. The zero-order valence-electron chi connectivity index (χ0n) is 19.8. The van der Waals surface area contributed by atoms with Crippen LogP contribution in [0.25, 0.3) is 22.6 Å². The molecule has 0 fully saturated rings. The summed E-state index contributed by atoms with van der Waals surface area (Å²) in [5.41, 5.74) is 3.98. The molecule has 176 valence electrons. The van der Waals surface area contributed by atoms with Gasteiger partial charge >= 0.3 is 0 Å². The molecule has 4 rings (SSSR count). The van der Waals surface area contributed by atoms with Crippen LogP contribution >= 0.6 is 0 Å². The number of nitrogens with zero attached hydrogens (tertiary/aromatic N) is 1. The van der Waals surface area contributed by atoms with Crippen LogP contribution in [0, 0.1) is 6.92 Å². The van der Waals surface area contributed by atoms with Gasteiger partial charge in [-0.1, -0.05) is 51.2 Å². The number of rotatable bonds is 10. The van der Waals surface area contributed by atoms with E-state index < -0.39 is 11.3 Å². The third-order valence-electron chi connectivity index (χ3n) is 5.86. The van der Waals surface area contributed by atoms with Crippen molar-refractivity contribution < 1.29 is 9.21 Å². The molecule has 0 radical (unpaired) electrons. The molecule has 6 nitrogen and oxygen atoms in total. The summed E-state index contributed by atoms with van der Waals surface area (Å²) in [7, 11) is 0. The molecule has 1 aliphatic carbocycles. The van der Waals surface area contributed by atoms with E-state index >= 15 is 0 Å². The number of carbonyl (C=O) groups excluding carboxylic acids is 1. The molecule has 2 aliphatic rings. The Kier molecular flexibility index (Phi) is 7.58. The molecule has 2 aromatic rings. The van der Waals surface area contributed by atoms with Gasteiger partial charge < -0.3 is 15.1 Å². The maximum Gasteiger partial charge on any atom is 0.259 e. The number of unbranched alkanes of at least 4 members (excludes halogenated alkanes) is 5. The minimum Gasteiger partial charge on any atom is -0.453 e. The number of aryl methyl sites for hydroxylation is 1. The van der Waals surface area contributed by atoms with Crippen LogP contribution in [0.2, 0.25) is 0 Å². The molecule has 1 amide bonds. The van der Waals surface area contributed by atoms with E-state index in [1.165, 1.54) is 44.2 Å². The molecular formula is C28H31N3O3. The zero-order valence-corrected chi connectivity index (χ0v) is 19.8. The molecule has 0 saturated heterocycles. The minimum absolute atomic E-state index is 0.0354. The van der Waals surface area contributed by atoms with Crippen molar-refractivity contribution in [3.63, 3.8) is 0 Å². The van der Waals surface area contributed by atoms with E-state index in [1.807, 2.05) is 43.3 Å². The van der Waals surface area contributed by atoms with Gasteiger partial charge in [0.05, 0.1) is 5.56 Å². The molecule has 0 saturated carbocycles. The summed E-state index contributed by atoms with van der Waals surface area (Å²) in [6.07, 6.45) is 7.51. The molecule has 0 bridgehead atoms. The van der Waals surface area contributed by atoms with Crippen molar-refractivity contribution in [1.29, 1.82) is 0 Å². The standard InChI is InChI=1S/C28H31N3O3/c1-3-4-5-6-7-8-14-29-20-12-13-23-26(16-20)34-27-18-25(32)22(17-24(27)31-23)28(33)30-21-11-9-10-19(2)15-21/h9-13,15-18,29H,3-8,14H2,1-2H3,(H,30,33). The van der Waals surface area contributed by atoms with E-state index in [9.17, 15) is 9.59 Å². The fraction of sp³-hybridized carbons (Fsp3) is 0.321. The maximum absolute atomic E-state index is 12.7. The second-order valence-electron chi connectivity index (χ2n) is 8.73. The summed E-state index contributed by atoms with van der Waals surface area (Å²) in [6, 6.07) is 16.0. The van der Waals surface area contributed by atoms with Gasteiger partial charge in [-0.3, -0.25) is 9.59 Å². The minimum atomic E-state index is -0.464. The van der Waals surface area contributed by atoms with Crippen molar-refractivity contribution >= 4 is 28.4 Å². The van der Waals surface area contributed by atoms with Crippen molar-refractivity contribution in [3.8, 4) is 11.5 Å². The maximum atomic E-state index is 12.7. The summed E-state index contributed by atoms with van der Waals surface area (Å²) in [6.45, 7) is 5.07. The second kappa shape index (κ2) is 11.0. The van der Waals surface area contributed by atoms with E-state index in [1.54, 1.807) is 6.07 Å². The summed E-state index contributed by atoms with van der Waals surface area (Å²) in [4.78, 5) is 30.0. The van der Waals surface area contributed by atoms with E-state index in [0.29, 0.717) is 28.2 Å². The summed E-state index contributed by atoms with van der Waals surface area (Å²) >= 11 is 0. The Morgan fingerprint density at radius 1 is 0.941 bits per heavy atom. The number of carbonyl (C=O) groups is 1. The smallest absolute Gasteiger partial charge is 0.259 e. The molecule has 0 unspecified atom stereocenters. The Balaban J connectivity index is 1.49. The van der Waals surface area contributed by atoms with Gasteiger partial charge in [0.15, 0.2) is 16.8 Å². The third kappa shape index (κ3) is 5.81. The summed E-state index contributed by atoms with van der Waals surface area (Å²) in [5.74, 6) is -0.105. The number of hydrogen-bond acceptors (Lipinski definition) is 5. The van der Waals surface area contributed by atoms with Crippen LogP contribution < -0.4 is 16.1 Å². The molecule has 2 aromatic carbocycles. The highest BCUT2D eigenvalue weighted by Crippen LogP contribution is 2.27. The quantitative estimate of drug-likeness (QED) is 0.206. The lowest BCUT2D eigenvalue weighted by molar-refractivity contribution is 0.102. The van der Waals surface area contributed by atoms with E-state index in [2.05, 4.69) is 22.5 Å². The molecule has 1 aliphatic heterocycles. The first-order valence-electron chi connectivity index (χ1n) is 12.0. The predicted molar refractivity (Wildman–Crippen MR) is 138 cm³/mol. The Labute approximate surface area is 199 Å². The number of benzene rings is 3. The van der Waals surface area contributed by atoms with E-state index in [0.717, 1.165) is 24.2 Å². The fourth-order valence-electron chi connectivity index (χ4n) is 4.00. The van der Waals surface area contributed by atoms with Crippen LogP contribution in [0.4, 0.5) is 11.4 Å². The molecule has 2 N–H and O–H groups in total. The van der Waals surface area contributed by atoms with Crippen LogP contribution in [0.3, 0.4) is 0 Å². The molecule has 0 atom stereocenters. The summed E-state index contributed by atoms with van der Waals surface area (Å²) in [5, 5.41) is 6.22. The Morgan fingerprint density at radius 2 is 1.76 bits per heavy atom. The van der Waals surface area contributed by atoms with Crippen LogP contribution in [0.1, 0.15) is 61.4 Å². The van der Waals surface area contributed by atoms with Gasteiger partial charge in [0.2, 0.25) is 0 Å². The number of anilines is 2. The molecule has 0 spiro atoms. The lowest BCUT2D eigenvalue weighted by Crippen LogP contribution is -2.21. The van der Waals surface area contributed by atoms with Crippen molar-refractivity contribution in [2.75, 3.05) is 17.2 Å². The number of amides is 1. The first-order chi connectivity index (χ1) is 16.5. The normalized spacial score (nSPS) is 11.1. The van der Waals surface area contributed by atoms with Gasteiger partial charge in [0.1, 0.15) is 11.2 Å². The van der Waals surface area contributed by atoms with Crippen molar-refractivity contribution in [3.05, 3.63) is 75.9 Å². The van der Waals surface area contributed by atoms with Crippen LogP contribution in [-0.2, 0) is 0 Å². The largest absolute Gasteiger partial charge is 0.453 e. The van der Waals surface area contributed by atoms with Gasteiger partial charge in [0.25, 0.3) is 5.91 Å². The second-order valence-corrected chi connectivity index (χ2v) is 8.73. The van der Waals surface area contributed by atoms with Gasteiger partial charge in [-0.2, -0.15) is 0 Å². The van der Waals surface area contributed by atoms with Crippen molar-refractivity contribution in [1.82, 2.24) is 4.98 Å². The van der Waals surface area contributed by atoms with E-state index in [4.69, 9.17) is 4.42 Å². The third-order valence-corrected chi connectivity index (χ3v) is 5.86. The SMILES string of the molecule is CCCCCCCCNc1ccc2nc3cc(C(=O)Nc4cccc(C)c4)c(=O)cc-3oc2c1. The van der Waals surface area contributed by atoms with Crippen molar-refractivity contribution in [2.24, 2.45) is 0 Å². The summed E-state index contributed by atoms with van der Waals surface area (Å²) < 4.78 is 5.97. The first-order valence-corrected chi connectivity index (χ1v) is 12.0. The number of hydrogen-bond donors (Lipinski definition) is 2. The Hall–Kier alpha value is -3.67. The lowest BCUT2D eigenvalue weighted by Gasteiger charge is -2.11. The Bertz CT molecular complexity index is 1310. The highest BCUT2D eigenvalue weighted by atomic mass is 16.3. The highest BCUT2D eigenvalue weighted by Gasteiger charge is 2.18. The van der Waals surface area contributed by atoms with Gasteiger partial charge in [-0.15, -0.1) is 0 Å². The topological polar surface area (TPSA) is 84.2 Å². The van der Waals surface area contributed by atoms with Crippen LogP contribution in [-0.4, -0.2) is 17.4 Å². The molecule has 6 heteroatoms.